The van der Waals surface area contributed by atoms with Crippen molar-refractivity contribution in [3.8, 4) is 0 Å². The Morgan fingerprint density at radius 2 is 2.08 bits per heavy atom. The van der Waals surface area contributed by atoms with Crippen molar-refractivity contribution < 1.29 is 14.3 Å². The SMILES string of the molecule is CCNc1ccc(C(=O)OCC)cc1NC(=O)C1CCCNC1.Cl. The van der Waals surface area contributed by atoms with E-state index < -0.39 is 0 Å². The summed E-state index contributed by atoms with van der Waals surface area (Å²) in [4.78, 5) is 24.3. The minimum Gasteiger partial charge on any atom is -0.462 e. The highest BCUT2D eigenvalue weighted by Crippen LogP contribution is 2.25. The van der Waals surface area contributed by atoms with Crippen LogP contribution in [0, 0.1) is 5.92 Å². The standard InChI is InChI=1S/C17H25N3O3.ClH/c1-3-19-14-8-7-12(17(22)23-4-2)10-15(14)20-16(21)13-6-5-9-18-11-13;/h7-8,10,13,18-19H,3-6,9,11H2,1-2H3,(H,20,21);1H. The summed E-state index contributed by atoms with van der Waals surface area (Å²) < 4.78 is 5.02. The van der Waals surface area contributed by atoms with Gasteiger partial charge >= 0.3 is 5.97 Å². The van der Waals surface area contributed by atoms with E-state index in [2.05, 4.69) is 16.0 Å². The van der Waals surface area contributed by atoms with Crippen LogP contribution in [-0.2, 0) is 9.53 Å². The normalized spacial score (nSPS) is 16.7. The van der Waals surface area contributed by atoms with E-state index in [1.165, 1.54) is 0 Å². The molecule has 0 aliphatic carbocycles. The van der Waals surface area contributed by atoms with Crippen molar-refractivity contribution in [3.63, 3.8) is 0 Å². The predicted octanol–water partition coefficient (Wildman–Crippen LogP) is 2.66. The van der Waals surface area contributed by atoms with Crippen molar-refractivity contribution in [2.24, 2.45) is 5.92 Å². The lowest BCUT2D eigenvalue weighted by atomic mass is 9.98. The average molecular weight is 356 g/mol. The number of hydrogen-bond donors (Lipinski definition) is 3. The third kappa shape index (κ3) is 5.39. The number of rotatable bonds is 6. The van der Waals surface area contributed by atoms with E-state index in [4.69, 9.17) is 4.74 Å². The lowest BCUT2D eigenvalue weighted by Gasteiger charge is -2.23. The highest BCUT2D eigenvalue weighted by molar-refractivity contribution is 5.99. The minimum absolute atomic E-state index is 0. The predicted molar refractivity (Wildman–Crippen MR) is 98.0 cm³/mol. The first kappa shape index (κ1) is 20.3. The molecule has 2 rings (SSSR count). The summed E-state index contributed by atoms with van der Waals surface area (Å²) in [7, 11) is 0. The molecular weight excluding hydrogens is 330 g/mol. The minimum atomic E-state index is -0.384. The molecule has 0 aromatic heterocycles. The van der Waals surface area contributed by atoms with Crippen LogP contribution in [0.15, 0.2) is 18.2 Å². The molecule has 1 unspecified atom stereocenters. The van der Waals surface area contributed by atoms with E-state index in [0.29, 0.717) is 24.4 Å². The van der Waals surface area contributed by atoms with Crippen molar-refractivity contribution in [3.05, 3.63) is 23.8 Å². The van der Waals surface area contributed by atoms with Gasteiger partial charge in [-0.05, 0) is 51.4 Å². The van der Waals surface area contributed by atoms with Crippen LogP contribution in [0.25, 0.3) is 0 Å². The number of anilines is 2. The smallest absolute Gasteiger partial charge is 0.338 e. The number of ether oxygens (including phenoxy) is 1. The Balaban J connectivity index is 0.00000288. The molecule has 1 fully saturated rings. The topological polar surface area (TPSA) is 79.5 Å². The third-order valence-electron chi connectivity index (χ3n) is 3.82. The van der Waals surface area contributed by atoms with Crippen LogP contribution in [0.1, 0.15) is 37.0 Å². The molecule has 0 spiro atoms. The molecule has 1 aromatic rings. The zero-order valence-corrected chi connectivity index (χ0v) is 15.0. The Hall–Kier alpha value is -1.79. The Labute approximate surface area is 149 Å². The molecule has 1 aliphatic heterocycles. The molecule has 1 heterocycles. The maximum Gasteiger partial charge on any atom is 0.338 e. The van der Waals surface area contributed by atoms with Gasteiger partial charge in [-0.1, -0.05) is 0 Å². The van der Waals surface area contributed by atoms with Gasteiger partial charge in [-0.15, -0.1) is 12.4 Å². The molecule has 134 valence electrons. The van der Waals surface area contributed by atoms with Crippen LogP contribution in [0.3, 0.4) is 0 Å². The summed E-state index contributed by atoms with van der Waals surface area (Å²) in [6.07, 6.45) is 1.88. The lowest BCUT2D eigenvalue weighted by molar-refractivity contribution is -0.120. The number of benzene rings is 1. The van der Waals surface area contributed by atoms with Gasteiger partial charge in [0.2, 0.25) is 5.91 Å². The van der Waals surface area contributed by atoms with Crippen molar-refractivity contribution in [1.82, 2.24) is 5.32 Å². The number of piperidine rings is 1. The quantitative estimate of drug-likeness (QED) is 0.684. The molecule has 1 atom stereocenters. The summed E-state index contributed by atoms with van der Waals surface area (Å²) in [6, 6.07) is 5.17. The van der Waals surface area contributed by atoms with Crippen LogP contribution in [0.4, 0.5) is 11.4 Å². The summed E-state index contributed by atoms with van der Waals surface area (Å²) in [5.74, 6) is -0.438. The zero-order valence-electron chi connectivity index (χ0n) is 14.2. The van der Waals surface area contributed by atoms with E-state index in [-0.39, 0.29) is 30.2 Å². The number of hydrogen-bond acceptors (Lipinski definition) is 5. The summed E-state index contributed by atoms with van der Waals surface area (Å²) in [6.45, 7) is 6.46. The number of carbonyl (C=O) groups is 2. The van der Waals surface area contributed by atoms with Crippen molar-refractivity contribution >= 4 is 35.7 Å². The molecule has 24 heavy (non-hydrogen) atoms. The third-order valence-corrected chi connectivity index (χ3v) is 3.82. The summed E-state index contributed by atoms with van der Waals surface area (Å²) in [5, 5.41) is 9.39. The molecule has 1 aromatic carbocycles. The average Bonchev–Trinajstić information content (AvgIpc) is 2.57. The van der Waals surface area contributed by atoms with Crippen LogP contribution in [-0.4, -0.2) is 38.1 Å². The van der Waals surface area contributed by atoms with Crippen LogP contribution in [0.5, 0.6) is 0 Å². The molecule has 7 heteroatoms. The molecule has 1 amide bonds. The number of esters is 1. The van der Waals surface area contributed by atoms with E-state index in [0.717, 1.165) is 31.6 Å². The monoisotopic (exact) mass is 355 g/mol. The maximum atomic E-state index is 12.4. The van der Waals surface area contributed by atoms with Crippen molar-refractivity contribution in [1.29, 1.82) is 0 Å². The fourth-order valence-electron chi connectivity index (χ4n) is 2.64. The molecule has 0 bridgehead atoms. The highest BCUT2D eigenvalue weighted by atomic mass is 35.5. The van der Waals surface area contributed by atoms with E-state index in [1.807, 2.05) is 6.92 Å². The van der Waals surface area contributed by atoms with E-state index in [9.17, 15) is 9.59 Å². The number of halogens is 1. The van der Waals surface area contributed by atoms with Gasteiger partial charge in [0, 0.05) is 13.1 Å². The first-order valence-electron chi connectivity index (χ1n) is 8.22. The lowest BCUT2D eigenvalue weighted by Crippen LogP contribution is -2.37. The number of amides is 1. The number of carbonyl (C=O) groups excluding carboxylic acids is 2. The molecule has 1 saturated heterocycles. The van der Waals surface area contributed by atoms with Crippen LogP contribution in [0.2, 0.25) is 0 Å². The summed E-state index contributed by atoms with van der Waals surface area (Å²) >= 11 is 0. The van der Waals surface area contributed by atoms with Gasteiger partial charge in [0.1, 0.15) is 0 Å². The Morgan fingerprint density at radius 1 is 1.29 bits per heavy atom. The van der Waals surface area contributed by atoms with Crippen molar-refractivity contribution in [2.75, 3.05) is 36.9 Å². The van der Waals surface area contributed by atoms with Gasteiger partial charge in [0.15, 0.2) is 0 Å². The largest absolute Gasteiger partial charge is 0.462 e. The highest BCUT2D eigenvalue weighted by Gasteiger charge is 2.22. The number of nitrogens with one attached hydrogen (secondary N) is 3. The zero-order chi connectivity index (χ0) is 16.7. The summed E-state index contributed by atoms with van der Waals surface area (Å²) in [5.41, 5.74) is 1.86. The van der Waals surface area contributed by atoms with Gasteiger partial charge in [-0.25, -0.2) is 4.79 Å². The molecule has 6 nitrogen and oxygen atoms in total. The van der Waals surface area contributed by atoms with Crippen LogP contribution < -0.4 is 16.0 Å². The molecule has 1 aliphatic rings. The Morgan fingerprint density at radius 3 is 2.71 bits per heavy atom. The molecular formula is C17H26ClN3O3. The van der Waals surface area contributed by atoms with Crippen LogP contribution >= 0.6 is 12.4 Å². The molecule has 0 saturated carbocycles. The van der Waals surface area contributed by atoms with Gasteiger partial charge in [-0.2, -0.15) is 0 Å². The first-order valence-corrected chi connectivity index (χ1v) is 8.22. The van der Waals surface area contributed by atoms with E-state index >= 15 is 0 Å². The second-order valence-corrected chi connectivity index (χ2v) is 5.54. The van der Waals surface area contributed by atoms with E-state index in [1.54, 1.807) is 25.1 Å². The van der Waals surface area contributed by atoms with Gasteiger partial charge in [0.05, 0.1) is 29.5 Å². The second-order valence-electron chi connectivity index (χ2n) is 5.54. The fraction of sp³-hybridized carbons (Fsp3) is 0.529. The van der Waals surface area contributed by atoms with Crippen molar-refractivity contribution in [2.45, 2.75) is 26.7 Å². The Kier molecular flexibility index (Phi) is 8.57. The maximum absolute atomic E-state index is 12.4. The van der Waals surface area contributed by atoms with Gasteiger partial charge in [0.25, 0.3) is 0 Å². The second kappa shape index (κ2) is 10.2. The molecule has 0 radical (unpaired) electrons. The van der Waals surface area contributed by atoms with Gasteiger partial charge in [-0.3, -0.25) is 4.79 Å². The fourth-order valence-corrected chi connectivity index (χ4v) is 2.64. The molecule has 3 N–H and O–H groups in total. The first-order chi connectivity index (χ1) is 11.2. The Bertz CT molecular complexity index is 560. The van der Waals surface area contributed by atoms with Gasteiger partial charge < -0.3 is 20.7 Å².